The molecule has 7 nitrogen and oxygen atoms in total. The summed E-state index contributed by atoms with van der Waals surface area (Å²) in [5.41, 5.74) is 0.800. The fourth-order valence-electron chi connectivity index (χ4n) is 2.86. The molecule has 0 saturated heterocycles. The molecule has 0 saturated carbocycles. The standard InChI is InChI=1S/C22H21IN2O5S/c1-29-18-12-13-20(21(14-18)30-2)24-22(26)15-25(17-10-8-16(23)9-11-17)31(27,28)19-6-4-3-5-7-19/h3-14H,15H2,1-2H3,(H,24,26). The van der Waals surface area contributed by atoms with Crippen LogP contribution in [0.25, 0.3) is 0 Å². The van der Waals surface area contributed by atoms with E-state index in [4.69, 9.17) is 9.47 Å². The van der Waals surface area contributed by atoms with Gasteiger partial charge in [0.15, 0.2) is 0 Å². The maximum Gasteiger partial charge on any atom is 0.264 e. The molecule has 3 aromatic rings. The van der Waals surface area contributed by atoms with Crippen LogP contribution < -0.4 is 19.1 Å². The van der Waals surface area contributed by atoms with Gasteiger partial charge < -0.3 is 14.8 Å². The number of amides is 1. The van der Waals surface area contributed by atoms with Gasteiger partial charge in [-0.2, -0.15) is 0 Å². The Balaban J connectivity index is 1.92. The molecule has 31 heavy (non-hydrogen) atoms. The molecule has 0 radical (unpaired) electrons. The molecule has 3 rings (SSSR count). The van der Waals surface area contributed by atoms with Crippen molar-refractivity contribution < 1.29 is 22.7 Å². The number of nitrogens with zero attached hydrogens (tertiary/aromatic N) is 1. The largest absolute Gasteiger partial charge is 0.497 e. The minimum absolute atomic E-state index is 0.100. The Hall–Kier alpha value is -2.79. The molecule has 0 spiro atoms. The monoisotopic (exact) mass is 552 g/mol. The molecule has 3 aromatic carbocycles. The predicted molar refractivity (Wildman–Crippen MR) is 128 cm³/mol. The molecule has 0 atom stereocenters. The molecule has 9 heteroatoms. The topological polar surface area (TPSA) is 84.9 Å². The minimum atomic E-state index is -3.96. The van der Waals surface area contributed by atoms with Crippen molar-refractivity contribution in [3.63, 3.8) is 0 Å². The molecule has 1 N–H and O–H groups in total. The van der Waals surface area contributed by atoms with Gasteiger partial charge >= 0.3 is 0 Å². The van der Waals surface area contributed by atoms with Crippen molar-refractivity contribution in [3.8, 4) is 11.5 Å². The summed E-state index contributed by atoms with van der Waals surface area (Å²) in [6.07, 6.45) is 0. The highest BCUT2D eigenvalue weighted by Gasteiger charge is 2.27. The number of rotatable bonds is 8. The second-order valence-corrected chi connectivity index (χ2v) is 9.52. The molecule has 0 fully saturated rings. The van der Waals surface area contributed by atoms with E-state index >= 15 is 0 Å². The Morgan fingerprint density at radius 3 is 2.26 bits per heavy atom. The Bertz CT molecular complexity index is 1150. The van der Waals surface area contributed by atoms with Gasteiger partial charge in [0.1, 0.15) is 18.0 Å². The number of anilines is 2. The number of carbonyl (C=O) groups is 1. The van der Waals surface area contributed by atoms with Crippen LogP contribution in [0.2, 0.25) is 0 Å². The number of nitrogens with one attached hydrogen (secondary N) is 1. The number of carbonyl (C=O) groups excluding carboxylic acids is 1. The Morgan fingerprint density at radius 1 is 0.968 bits per heavy atom. The first-order valence-electron chi connectivity index (χ1n) is 9.20. The van der Waals surface area contributed by atoms with Crippen molar-refractivity contribution >= 4 is 49.9 Å². The van der Waals surface area contributed by atoms with Gasteiger partial charge in [-0.25, -0.2) is 8.42 Å². The van der Waals surface area contributed by atoms with Crippen LogP contribution in [0.4, 0.5) is 11.4 Å². The zero-order valence-electron chi connectivity index (χ0n) is 16.9. The highest BCUT2D eigenvalue weighted by molar-refractivity contribution is 14.1. The second kappa shape index (κ2) is 10.0. The number of halogens is 1. The van der Waals surface area contributed by atoms with E-state index in [1.807, 2.05) is 0 Å². The van der Waals surface area contributed by atoms with E-state index in [1.54, 1.807) is 60.7 Å². The average Bonchev–Trinajstić information content (AvgIpc) is 2.79. The summed E-state index contributed by atoms with van der Waals surface area (Å²) >= 11 is 2.14. The zero-order valence-corrected chi connectivity index (χ0v) is 19.9. The van der Waals surface area contributed by atoms with Gasteiger partial charge in [-0.3, -0.25) is 9.10 Å². The van der Waals surface area contributed by atoms with Crippen LogP contribution in [0.3, 0.4) is 0 Å². The second-order valence-electron chi connectivity index (χ2n) is 6.42. The Labute approximate surface area is 195 Å². The maximum absolute atomic E-state index is 13.3. The third kappa shape index (κ3) is 5.47. The van der Waals surface area contributed by atoms with Crippen molar-refractivity contribution in [2.75, 3.05) is 30.4 Å². The molecule has 0 aromatic heterocycles. The minimum Gasteiger partial charge on any atom is -0.497 e. The highest BCUT2D eigenvalue weighted by atomic mass is 127. The third-order valence-corrected chi connectivity index (χ3v) is 6.92. The van der Waals surface area contributed by atoms with Crippen molar-refractivity contribution in [2.24, 2.45) is 0 Å². The number of methoxy groups -OCH3 is 2. The summed E-state index contributed by atoms with van der Waals surface area (Å²) in [4.78, 5) is 13.0. The van der Waals surface area contributed by atoms with Crippen LogP contribution >= 0.6 is 22.6 Å². The lowest BCUT2D eigenvalue weighted by Gasteiger charge is -2.24. The summed E-state index contributed by atoms with van der Waals surface area (Å²) in [6, 6.07) is 19.9. The SMILES string of the molecule is COc1ccc(NC(=O)CN(c2ccc(I)cc2)S(=O)(=O)c2ccccc2)c(OC)c1. The van der Waals surface area contributed by atoms with Crippen LogP contribution in [-0.4, -0.2) is 35.1 Å². The number of hydrogen-bond donors (Lipinski definition) is 1. The summed E-state index contributed by atoms with van der Waals surface area (Å²) in [5.74, 6) is 0.461. The predicted octanol–water partition coefficient (Wildman–Crippen LogP) is 4.14. The van der Waals surface area contributed by atoms with Gasteiger partial charge in [0.05, 0.1) is 30.5 Å². The Morgan fingerprint density at radius 2 is 1.65 bits per heavy atom. The molecule has 1 amide bonds. The molecule has 0 aliphatic carbocycles. The molecular formula is C22H21IN2O5S. The summed E-state index contributed by atoms with van der Waals surface area (Å²) in [5, 5.41) is 2.72. The van der Waals surface area contributed by atoms with Gasteiger partial charge in [-0.15, -0.1) is 0 Å². The van der Waals surface area contributed by atoms with Gasteiger partial charge in [0.25, 0.3) is 10.0 Å². The van der Waals surface area contributed by atoms with E-state index < -0.39 is 22.5 Å². The fraction of sp³-hybridized carbons (Fsp3) is 0.136. The first kappa shape index (κ1) is 22.9. The number of hydrogen-bond acceptors (Lipinski definition) is 5. The fourth-order valence-corrected chi connectivity index (χ4v) is 4.67. The van der Waals surface area contributed by atoms with E-state index in [2.05, 4.69) is 27.9 Å². The molecule has 0 unspecified atom stereocenters. The van der Waals surface area contributed by atoms with E-state index in [9.17, 15) is 13.2 Å². The highest BCUT2D eigenvalue weighted by Crippen LogP contribution is 2.30. The first-order chi connectivity index (χ1) is 14.8. The molecule has 0 aliphatic rings. The van der Waals surface area contributed by atoms with E-state index in [1.165, 1.54) is 26.4 Å². The van der Waals surface area contributed by atoms with E-state index in [0.717, 1.165) is 7.88 Å². The quantitative estimate of drug-likeness (QED) is 0.425. The lowest BCUT2D eigenvalue weighted by Crippen LogP contribution is -2.38. The van der Waals surface area contributed by atoms with Gasteiger partial charge in [-0.1, -0.05) is 18.2 Å². The van der Waals surface area contributed by atoms with Crippen molar-refractivity contribution in [1.82, 2.24) is 0 Å². The molecular weight excluding hydrogens is 531 g/mol. The average molecular weight is 552 g/mol. The smallest absolute Gasteiger partial charge is 0.264 e. The molecule has 0 aliphatic heterocycles. The lowest BCUT2D eigenvalue weighted by molar-refractivity contribution is -0.114. The number of ether oxygens (including phenoxy) is 2. The van der Waals surface area contributed by atoms with Gasteiger partial charge in [0.2, 0.25) is 5.91 Å². The third-order valence-electron chi connectivity index (χ3n) is 4.42. The van der Waals surface area contributed by atoms with Crippen molar-refractivity contribution in [3.05, 3.63) is 76.4 Å². The summed E-state index contributed by atoms with van der Waals surface area (Å²) < 4.78 is 39.1. The maximum atomic E-state index is 13.3. The first-order valence-corrected chi connectivity index (χ1v) is 11.7. The number of sulfonamides is 1. The molecule has 162 valence electrons. The van der Waals surface area contributed by atoms with E-state index in [0.29, 0.717) is 22.9 Å². The lowest BCUT2D eigenvalue weighted by atomic mass is 10.2. The van der Waals surface area contributed by atoms with Crippen LogP contribution in [0, 0.1) is 3.57 Å². The summed E-state index contributed by atoms with van der Waals surface area (Å²) in [6.45, 7) is -0.410. The number of benzene rings is 3. The molecule has 0 bridgehead atoms. The Kier molecular flexibility index (Phi) is 7.39. The van der Waals surface area contributed by atoms with Crippen molar-refractivity contribution in [2.45, 2.75) is 4.90 Å². The zero-order chi connectivity index (χ0) is 22.4. The van der Waals surface area contributed by atoms with Crippen molar-refractivity contribution in [1.29, 1.82) is 0 Å². The van der Waals surface area contributed by atoms with Crippen LogP contribution in [0.1, 0.15) is 0 Å². The van der Waals surface area contributed by atoms with Gasteiger partial charge in [0, 0.05) is 9.64 Å². The van der Waals surface area contributed by atoms with E-state index in [-0.39, 0.29) is 4.90 Å². The van der Waals surface area contributed by atoms with Crippen LogP contribution in [0.15, 0.2) is 77.7 Å². The van der Waals surface area contributed by atoms with Crippen LogP contribution in [0.5, 0.6) is 11.5 Å². The molecule has 0 heterocycles. The summed E-state index contributed by atoms with van der Waals surface area (Å²) in [7, 11) is -0.959. The van der Waals surface area contributed by atoms with Gasteiger partial charge in [-0.05, 0) is 71.1 Å². The normalized spacial score (nSPS) is 10.9. The van der Waals surface area contributed by atoms with Crippen LogP contribution in [-0.2, 0) is 14.8 Å².